The lowest BCUT2D eigenvalue weighted by Crippen LogP contribution is -2.22. The number of rotatable bonds is 3. The molecule has 0 fully saturated rings. The molecule has 0 aliphatic heterocycles. The topological polar surface area (TPSA) is 78.8 Å². The van der Waals surface area contributed by atoms with E-state index in [9.17, 15) is 9.18 Å². The number of aromatic nitrogens is 2. The van der Waals surface area contributed by atoms with Crippen LogP contribution in [0.4, 0.5) is 4.39 Å². The third-order valence-electron chi connectivity index (χ3n) is 4.31. The second-order valence-corrected chi connectivity index (χ2v) is 6.10. The van der Waals surface area contributed by atoms with Crippen LogP contribution >= 0.6 is 0 Å². The smallest absolute Gasteiger partial charge is 0.279 e. The summed E-state index contributed by atoms with van der Waals surface area (Å²) in [6, 6.07) is 20.9. The van der Waals surface area contributed by atoms with E-state index in [0.29, 0.717) is 16.8 Å². The third-order valence-corrected chi connectivity index (χ3v) is 4.31. The first-order valence-electron chi connectivity index (χ1n) is 8.48. The standard InChI is InChI=1S/C22H16FN3O.H2O/c1-24-14-15-5-4-6-16(13-15)21-19-7-2-3-8-20(19)22(27)26(25-21)18-11-9-17(23)10-12-18;/h2-14H,1H3;1H2/b24-14-;. The van der Waals surface area contributed by atoms with Gasteiger partial charge in [-0.3, -0.25) is 9.79 Å². The molecule has 4 aromatic rings. The largest absolute Gasteiger partial charge is 0.412 e. The predicted octanol–water partition coefficient (Wildman–Crippen LogP) is 3.42. The number of fused-ring (bicyclic) bond motifs is 1. The molecule has 3 aromatic carbocycles. The van der Waals surface area contributed by atoms with Crippen LogP contribution in [0.15, 0.2) is 82.6 Å². The lowest BCUT2D eigenvalue weighted by molar-refractivity contribution is 0.626. The summed E-state index contributed by atoms with van der Waals surface area (Å²) in [6.07, 6.45) is 1.77. The van der Waals surface area contributed by atoms with Crippen LogP contribution in [0.3, 0.4) is 0 Å². The fourth-order valence-corrected chi connectivity index (χ4v) is 3.08. The van der Waals surface area contributed by atoms with Crippen LogP contribution in [0.1, 0.15) is 5.56 Å². The average Bonchev–Trinajstić information content (AvgIpc) is 2.70. The van der Waals surface area contributed by atoms with E-state index in [-0.39, 0.29) is 16.9 Å². The summed E-state index contributed by atoms with van der Waals surface area (Å²) < 4.78 is 14.6. The van der Waals surface area contributed by atoms with E-state index < -0.39 is 0 Å². The summed E-state index contributed by atoms with van der Waals surface area (Å²) in [6.45, 7) is 0. The van der Waals surface area contributed by atoms with E-state index in [0.717, 1.165) is 16.5 Å². The second kappa shape index (κ2) is 7.94. The SMILES string of the molecule is C/N=C\c1cccc(-c2nn(-c3ccc(F)cc3)c(=O)c3ccccc23)c1.O. The van der Waals surface area contributed by atoms with Crippen molar-refractivity contribution in [2.45, 2.75) is 0 Å². The highest BCUT2D eigenvalue weighted by Crippen LogP contribution is 2.26. The van der Waals surface area contributed by atoms with Gasteiger partial charge in [0.2, 0.25) is 0 Å². The van der Waals surface area contributed by atoms with Gasteiger partial charge in [-0.1, -0.05) is 36.4 Å². The van der Waals surface area contributed by atoms with Crippen molar-refractivity contribution in [2.75, 3.05) is 7.05 Å². The maximum atomic E-state index is 13.3. The first kappa shape index (κ1) is 19.1. The molecule has 5 nitrogen and oxygen atoms in total. The van der Waals surface area contributed by atoms with Crippen LogP contribution in [0.2, 0.25) is 0 Å². The van der Waals surface area contributed by atoms with Crippen molar-refractivity contribution in [3.8, 4) is 16.9 Å². The lowest BCUT2D eigenvalue weighted by atomic mass is 10.0. The summed E-state index contributed by atoms with van der Waals surface area (Å²) >= 11 is 0. The number of nitrogens with zero attached hydrogens (tertiary/aromatic N) is 3. The molecule has 0 amide bonds. The van der Waals surface area contributed by atoms with Crippen molar-refractivity contribution in [3.05, 3.63) is 94.5 Å². The molecule has 6 heteroatoms. The van der Waals surface area contributed by atoms with Crippen LogP contribution in [0.5, 0.6) is 0 Å². The summed E-state index contributed by atoms with van der Waals surface area (Å²) in [4.78, 5) is 17.0. The molecule has 0 bridgehead atoms. The molecule has 0 spiro atoms. The lowest BCUT2D eigenvalue weighted by Gasteiger charge is -2.11. The van der Waals surface area contributed by atoms with Crippen molar-refractivity contribution in [1.82, 2.24) is 9.78 Å². The van der Waals surface area contributed by atoms with Crippen LogP contribution in [0, 0.1) is 5.82 Å². The molecular formula is C22H18FN3O2. The highest BCUT2D eigenvalue weighted by atomic mass is 19.1. The maximum Gasteiger partial charge on any atom is 0.279 e. The van der Waals surface area contributed by atoms with E-state index in [1.807, 2.05) is 42.5 Å². The minimum Gasteiger partial charge on any atom is -0.412 e. The number of halogens is 1. The Bertz CT molecular complexity index is 1210. The summed E-state index contributed by atoms with van der Waals surface area (Å²) in [5.74, 6) is -0.362. The van der Waals surface area contributed by atoms with Gasteiger partial charge in [0, 0.05) is 24.2 Å². The quantitative estimate of drug-likeness (QED) is 0.514. The van der Waals surface area contributed by atoms with Gasteiger partial charge in [0.15, 0.2) is 0 Å². The Balaban J connectivity index is 0.00000225. The molecule has 0 radical (unpaired) electrons. The number of hydrogen-bond donors (Lipinski definition) is 0. The van der Waals surface area contributed by atoms with Crippen molar-refractivity contribution in [1.29, 1.82) is 0 Å². The summed E-state index contributed by atoms with van der Waals surface area (Å²) in [7, 11) is 1.72. The van der Waals surface area contributed by atoms with Gasteiger partial charge < -0.3 is 5.48 Å². The van der Waals surface area contributed by atoms with Crippen LogP contribution < -0.4 is 5.56 Å². The van der Waals surface area contributed by atoms with Gasteiger partial charge >= 0.3 is 0 Å². The molecule has 28 heavy (non-hydrogen) atoms. The highest BCUT2D eigenvalue weighted by molar-refractivity contribution is 5.95. The van der Waals surface area contributed by atoms with Gasteiger partial charge in [-0.15, -0.1) is 0 Å². The zero-order valence-electron chi connectivity index (χ0n) is 15.1. The summed E-state index contributed by atoms with van der Waals surface area (Å²) in [5, 5.41) is 5.94. The highest BCUT2D eigenvalue weighted by Gasteiger charge is 2.13. The monoisotopic (exact) mass is 375 g/mol. The van der Waals surface area contributed by atoms with Crippen LogP contribution in [-0.2, 0) is 0 Å². The van der Waals surface area contributed by atoms with Gasteiger partial charge in [0.05, 0.1) is 16.8 Å². The average molecular weight is 375 g/mol. The minimum atomic E-state index is -0.362. The molecule has 1 heterocycles. The Labute approximate surface area is 160 Å². The number of aliphatic imine (C=N–C) groups is 1. The van der Waals surface area contributed by atoms with E-state index in [1.165, 1.54) is 16.8 Å². The van der Waals surface area contributed by atoms with Crippen molar-refractivity contribution >= 4 is 17.0 Å². The molecule has 0 saturated carbocycles. The Morgan fingerprint density at radius 1 is 0.964 bits per heavy atom. The molecule has 0 saturated heterocycles. The zero-order chi connectivity index (χ0) is 18.8. The molecule has 4 rings (SSSR count). The van der Waals surface area contributed by atoms with Crippen molar-refractivity contribution in [2.24, 2.45) is 4.99 Å². The predicted molar refractivity (Wildman–Crippen MR) is 110 cm³/mol. The Morgan fingerprint density at radius 3 is 2.39 bits per heavy atom. The van der Waals surface area contributed by atoms with Crippen LogP contribution in [0.25, 0.3) is 27.7 Å². The van der Waals surface area contributed by atoms with Gasteiger partial charge in [0.25, 0.3) is 5.56 Å². The minimum absolute atomic E-state index is 0. The zero-order valence-corrected chi connectivity index (χ0v) is 15.1. The van der Waals surface area contributed by atoms with Gasteiger partial charge in [-0.05, 0) is 42.0 Å². The van der Waals surface area contributed by atoms with E-state index >= 15 is 0 Å². The first-order chi connectivity index (χ1) is 13.2. The Hall–Kier alpha value is -3.64. The Morgan fingerprint density at radius 2 is 1.68 bits per heavy atom. The third kappa shape index (κ3) is 3.45. The normalized spacial score (nSPS) is 10.9. The van der Waals surface area contributed by atoms with Crippen molar-refractivity contribution in [3.63, 3.8) is 0 Å². The number of benzene rings is 3. The molecular weight excluding hydrogens is 357 g/mol. The molecule has 0 aliphatic rings. The maximum absolute atomic E-state index is 13.3. The second-order valence-electron chi connectivity index (χ2n) is 6.10. The molecule has 0 atom stereocenters. The fourth-order valence-electron chi connectivity index (χ4n) is 3.08. The van der Waals surface area contributed by atoms with E-state index in [4.69, 9.17) is 0 Å². The van der Waals surface area contributed by atoms with Gasteiger partial charge in [0.1, 0.15) is 5.82 Å². The molecule has 0 aliphatic carbocycles. The summed E-state index contributed by atoms with van der Waals surface area (Å²) in [5.41, 5.74) is 2.77. The molecule has 2 N–H and O–H groups in total. The number of hydrogen-bond acceptors (Lipinski definition) is 3. The molecule has 140 valence electrons. The van der Waals surface area contributed by atoms with Gasteiger partial charge in [-0.2, -0.15) is 9.78 Å². The van der Waals surface area contributed by atoms with Crippen LogP contribution in [-0.4, -0.2) is 28.5 Å². The molecule has 0 unspecified atom stereocenters. The first-order valence-corrected chi connectivity index (χ1v) is 8.48. The molecule has 1 aromatic heterocycles. The van der Waals surface area contributed by atoms with Crippen molar-refractivity contribution < 1.29 is 9.87 Å². The Kier molecular flexibility index (Phi) is 5.42. The van der Waals surface area contributed by atoms with E-state index in [2.05, 4.69) is 10.1 Å². The fraction of sp³-hybridized carbons (Fsp3) is 0.0455. The van der Waals surface area contributed by atoms with E-state index in [1.54, 1.807) is 31.5 Å². The van der Waals surface area contributed by atoms with Gasteiger partial charge in [-0.25, -0.2) is 4.39 Å².